The van der Waals surface area contributed by atoms with Crippen molar-refractivity contribution < 1.29 is 4.79 Å². The first kappa shape index (κ1) is 11.8. The van der Waals surface area contributed by atoms with Gasteiger partial charge in [0.2, 0.25) is 5.91 Å². The average Bonchev–Trinajstić information content (AvgIpc) is 2.84. The van der Waals surface area contributed by atoms with Crippen molar-refractivity contribution >= 4 is 38.7 Å². The van der Waals surface area contributed by atoms with E-state index in [9.17, 15) is 4.79 Å². The molecule has 0 saturated heterocycles. The summed E-state index contributed by atoms with van der Waals surface area (Å²) in [4.78, 5) is 21.8. The molecule has 0 aliphatic rings. The van der Waals surface area contributed by atoms with Crippen LogP contribution >= 0.6 is 11.3 Å². The second kappa shape index (κ2) is 4.78. The summed E-state index contributed by atoms with van der Waals surface area (Å²) in [6.45, 7) is 1.56. The van der Waals surface area contributed by atoms with E-state index < -0.39 is 0 Å². The molecule has 3 aromatic rings. The molecular formula is C14H11N3OS. The number of thiophene rings is 1. The third-order valence-electron chi connectivity index (χ3n) is 2.83. The quantitative estimate of drug-likeness (QED) is 0.716. The zero-order chi connectivity index (χ0) is 13.2. The summed E-state index contributed by atoms with van der Waals surface area (Å²) in [6.07, 6.45) is 6.90. The van der Waals surface area contributed by atoms with E-state index in [1.165, 1.54) is 0 Å². The molecule has 5 heteroatoms. The van der Waals surface area contributed by atoms with E-state index in [-0.39, 0.29) is 5.91 Å². The lowest BCUT2D eigenvalue weighted by Crippen LogP contribution is -2.22. The van der Waals surface area contributed by atoms with Crippen molar-refractivity contribution in [3.8, 4) is 0 Å². The highest BCUT2D eigenvalue weighted by molar-refractivity contribution is 7.17. The molecule has 0 N–H and O–H groups in total. The van der Waals surface area contributed by atoms with Crippen molar-refractivity contribution in [3.63, 3.8) is 0 Å². The molecule has 0 bridgehead atoms. The van der Waals surface area contributed by atoms with Crippen LogP contribution in [0.15, 0.2) is 48.4 Å². The summed E-state index contributed by atoms with van der Waals surface area (Å²) in [6, 6.07) is 5.59. The van der Waals surface area contributed by atoms with Crippen LogP contribution in [0.1, 0.15) is 6.92 Å². The smallest absolute Gasteiger partial charge is 0.228 e. The van der Waals surface area contributed by atoms with E-state index >= 15 is 0 Å². The van der Waals surface area contributed by atoms with Crippen LogP contribution in [0.25, 0.3) is 10.1 Å². The fraction of sp³-hybridized carbons (Fsp3) is 0.0714. The number of hydrogen-bond acceptors (Lipinski definition) is 4. The number of aromatic nitrogens is 2. The van der Waals surface area contributed by atoms with Crippen LogP contribution in [0.5, 0.6) is 0 Å². The molecule has 3 heterocycles. The number of amides is 1. The number of hydrogen-bond donors (Lipinski definition) is 0. The first-order valence-corrected chi connectivity index (χ1v) is 6.67. The highest BCUT2D eigenvalue weighted by Gasteiger charge is 2.17. The second-order valence-corrected chi connectivity index (χ2v) is 4.96. The van der Waals surface area contributed by atoms with Gasteiger partial charge in [0.1, 0.15) is 0 Å². The average molecular weight is 269 g/mol. The predicted molar refractivity (Wildman–Crippen MR) is 76.7 cm³/mol. The zero-order valence-electron chi connectivity index (χ0n) is 10.3. The van der Waals surface area contributed by atoms with Crippen molar-refractivity contribution in [2.24, 2.45) is 0 Å². The maximum absolute atomic E-state index is 12.0. The number of pyridine rings is 2. The van der Waals surface area contributed by atoms with E-state index in [0.29, 0.717) is 0 Å². The van der Waals surface area contributed by atoms with E-state index in [4.69, 9.17) is 0 Å². The van der Waals surface area contributed by atoms with Crippen molar-refractivity contribution in [1.29, 1.82) is 0 Å². The Morgan fingerprint density at radius 1 is 1.16 bits per heavy atom. The van der Waals surface area contributed by atoms with Crippen molar-refractivity contribution in [2.45, 2.75) is 6.92 Å². The van der Waals surface area contributed by atoms with Crippen LogP contribution in [0.3, 0.4) is 0 Å². The Morgan fingerprint density at radius 3 is 2.63 bits per heavy atom. The Bertz CT molecular complexity index is 724. The SMILES string of the molecule is CC(=O)N(c1ccncc1)c1csc2ccncc12. The van der Waals surface area contributed by atoms with Crippen molar-refractivity contribution in [2.75, 3.05) is 4.90 Å². The summed E-state index contributed by atoms with van der Waals surface area (Å²) in [7, 11) is 0. The summed E-state index contributed by atoms with van der Waals surface area (Å²) >= 11 is 1.60. The Balaban J connectivity index is 2.18. The minimum atomic E-state index is -0.0326. The van der Waals surface area contributed by atoms with E-state index in [1.807, 2.05) is 23.6 Å². The third kappa shape index (κ3) is 2.08. The molecule has 0 spiro atoms. The number of carbonyl (C=O) groups excluding carboxylic acids is 1. The van der Waals surface area contributed by atoms with Crippen molar-refractivity contribution in [1.82, 2.24) is 9.97 Å². The van der Waals surface area contributed by atoms with Gasteiger partial charge in [-0.25, -0.2) is 0 Å². The molecule has 0 unspecified atom stereocenters. The second-order valence-electron chi connectivity index (χ2n) is 4.05. The van der Waals surface area contributed by atoms with Crippen LogP contribution in [0, 0.1) is 0 Å². The van der Waals surface area contributed by atoms with Gasteiger partial charge in [-0.1, -0.05) is 0 Å². The Labute approximate surface area is 114 Å². The molecule has 4 nitrogen and oxygen atoms in total. The highest BCUT2D eigenvalue weighted by Crippen LogP contribution is 2.36. The molecule has 1 amide bonds. The van der Waals surface area contributed by atoms with Gasteiger partial charge in [-0.3, -0.25) is 19.7 Å². The normalized spacial score (nSPS) is 10.6. The summed E-state index contributed by atoms with van der Waals surface area (Å²) in [5, 5.41) is 2.97. The number of nitrogens with zero attached hydrogens (tertiary/aromatic N) is 3. The molecule has 0 aromatic carbocycles. The molecular weight excluding hydrogens is 258 g/mol. The monoisotopic (exact) mass is 269 g/mol. The van der Waals surface area contributed by atoms with Crippen LogP contribution < -0.4 is 4.90 Å². The molecule has 3 aromatic heterocycles. The lowest BCUT2D eigenvalue weighted by Gasteiger charge is -2.20. The van der Waals surface area contributed by atoms with E-state index in [1.54, 1.807) is 47.9 Å². The molecule has 3 rings (SSSR count). The largest absolute Gasteiger partial charge is 0.280 e. The Hall–Kier alpha value is -2.27. The lowest BCUT2D eigenvalue weighted by atomic mass is 10.2. The number of carbonyl (C=O) groups is 1. The standard InChI is InChI=1S/C14H11N3OS/c1-10(18)17(11-2-5-15-6-3-11)13-9-19-14-4-7-16-8-12(13)14/h2-9H,1H3. The van der Waals surface area contributed by atoms with Gasteiger partial charge in [-0.05, 0) is 18.2 Å². The van der Waals surface area contributed by atoms with Gasteiger partial charge in [-0.2, -0.15) is 0 Å². The first-order chi connectivity index (χ1) is 9.27. The predicted octanol–water partition coefficient (Wildman–Crippen LogP) is 3.38. The van der Waals surface area contributed by atoms with Crippen molar-refractivity contribution in [3.05, 3.63) is 48.4 Å². The van der Waals surface area contributed by atoms with Gasteiger partial charge in [0, 0.05) is 47.2 Å². The molecule has 0 aliphatic heterocycles. The Morgan fingerprint density at radius 2 is 1.89 bits per heavy atom. The first-order valence-electron chi connectivity index (χ1n) is 5.79. The molecule has 0 saturated carbocycles. The molecule has 0 fully saturated rings. The molecule has 0 radical (unpaired) electrons. The fourth-order valence-electron chi connectivity index (χ4n) is 2.02. The molecule has 19 heavy (non-hydrogen) atoms. The maximum Gasteiger partial charge on any atom is 0.228 e. The van der Waals surface area contributed by atoms with Crippen LogP contribution in [-0.4, -0.2) is 15.9 Å². The van der Waals surface area contributed by atoms with Gasteiger partial charge >= 0.3 is 0 Å². The summed E-state index contributed by atoms with van der Waals surface area (Å²) < 4.78 is 1.12. The minimum absolute atomic E-state index is 0.0326. The van der Waals surface area contributed by atoms with Gasteiger partial charge in [0.05, 0.1) is 11.4 Å². The lowest BCUT2D eigenvalue weighted by molar-refractivity contribution is -0.115. The van der Waals surface area contributed by atoms with E-state index in [2.05, 4.69) is 9.97 Å². The zero-order valence-corrected chi connectivity index (χ0v) is 11.1. The topological polar surface area (TPSA) is 46.1 Å². The number of anilines is 2. The minimum Gasteiger partial charge on any atom is -0.280 e. The maximum atomic E-state index is 12.0. The highest BCUT2D eigenvalue weighted by atomic mass is 32.1. The van der Waals surface area contributed by atoms with Crippen LogP contribution in [-0.2, 0) is 4.79 Å². The molecule has 0 aliphatic carbocycles. The summed E-state index contributed by atoms with van der Waals surface area (Å²) in [5.41, 5.74) is 1.68. The number of rotatable bonds is 2. The van der Waals surface area contributed by atoms with E-state index in [0.717, 1.165) is 21.5 Å². The molecule has 94 valence electrons. The third-order valence-corrected chi connectivity index (χ3v) is 3.78. The summed E-state index contributed by atoms with van der Waals surface area (Å²) in [5.74, 6) is -0.0326. The van der Waals surface area contributed by atoms with Crippen LogP contribution in [0.4, 0.5) is 11.4 Å². The van der Waals surface area contributed by atoms with Gasteiger partial charge in [0.15, 0.2) is 0 Å². The fourth-order valence-corrected chi connectivity index (χ4v) is 2.91. The van der Waals surface area contributed by atoms with Gasteiger partial charge < -0.3 is 0 Å². The van der Waals surface area contributed by atoms with Gasteiger partial charge in [0.25, 0.3) is 0 Å². The molecule has 0 atom stereocenters. The Kier molecular flexibility index (Phi) is 2.97. The number of fused-ring (bicyclic) bond motifs is 1. The van der Waals surface area contributed by atoms with Gasteiger partial charge in [-0.15, -0.1) is 11.3 Å². The van der Waals surface area contributed by atoms with Crippen LogP contribution in [0.2, 0.25) is 0 Å².